The third-order valence-corrected chi connectivity index (χ3v) is 3.57. The molecule has 4 nitrogen and oxygen atoms in total. The van der Waals surface area contributed by atoms with Gasteiger partial charge >= 0.3 is 0 Å². The fourth-order valence-electron chi connectivity index (χ4n) is 2.16. The number of nitrogens with zero attached hydrogens (tertiary/aromatic N) is 2. The van der Waals surface area contributed by atoms with Crippen LogP contribution in [-0.2, 0) is 4.79 Å². The SMILES string of the molecule is CN(C(=O)CN(CCCN)c1ccccc1)C1CC1. The molecule has 104 valence electrons. The van der Waals surface area contributed by atoms with Gasteiger partial charge in [0.2, 0.25) is 5.91 Å². The fourth-order valence-corrected chi connectivity index (χ4v) is 2.16. The summed E-state index contributed by atoms with van der Waals surface area (Å²) in [5.41, 5.74) is 6.67. The van der Waals surface area contributed by atoms with Crippen LogP contribution in [0, 0.1) is 0 Å². The molecule has 1 aliphatic rings. The molecule has 0 bridgehead atoms. The van der Waals surface area contributed by atoms with Crippen LogP contribution in [0.3, 0.4) is 0 Å². The summed E-state index contributed by atoms with van der Waals surface area (Å²) in [6.45, 7) is 1.91. The lowest BCUT2D eigenvalue weighted by Crippen LogP contribution is -2.40. The predicted molar refractivity (Wildman–Crippen MR) is 78.1 cm³/mol. The Morgan fingerprint density at radius 2 is 2.00 bits per heavy atom. The lowest BCUT2D eigenvalue weighted by atomic mass is 10.2. The molecular formula is C15H23N3O. The van der Waals surface area contributed by atoms with Gasteiger partial charge in [-0.1, -0.05) is 18.2 Å². The van der Waals surface area contributed by atoms with Crippen molar-refractivity contribution in [2.75, 3.05) is 31.6 Å². The third-order valence-electron chi connectivity index (χ3n) is 3.57. The maximum atomic E-state index is 12.2. The minimum Gasteiger partial charge on any atom is -0.362 e. The van der Waals surface area contributed by atoms with E-state index in [0.29, 0.717) is 19.1 Å². The maximum Gasteiger partial charge on any atom is 0.242 e. The molecule has 1 amide bonds. The van der Waals surface area contributed by atoms with Crippen LogP contribution in [0.15, 0.2) is 30.3 Å². The first-order valence-electron chi connectivity index (χ1n) is 6.98. The van der Waals surface area contributed by atoms with Crippen molar-refractivity contribution in [3.05, 3.63) is 30.3 Å². The first-order chi connectivity index (χ1) is 9.22. The largest absolute Gasteiger partial charge is 0.362 e. The molecule has 0 saturated heterocycles. The first kappa shape index (κ1) is 13.9. The summed E-state index contributed by atoms with van der Waals surface area (Å²) in [6, 6.07) is 10.5. The number of amides is 1. The molecule has 2 rings (SSSR count). The van der Waals surface area contributed by atoms with Crippen LogP contribution in [0.25, 0.3) is 0 Å². The highest BCUT2D eigenvalue weighted by Crippen LogP contribution is 2.25. The molecule has 0 aromatic heterocycles. The van der Waals surface area contributed by atoms with Gasteiger partial charge in [0.05, 0.1) is 6.54 Å². The van der Waals surface area contributed by atoms with Gasteiger partial charge in [-0.25, -0.2) is 0 Å². The number of carbonyl (C=O) groups excluding carboxylic acids is 1. The van der Waals surface area contributed by atoms with Gasteiger partial charge in [0.15, 0.2) is 0 Å². The van der Waals surface area contributed by atoms with E-state index in [9.17, 15) is 4.79 Å². The second kappa shape index (κ2) is 6.57. The van der Waals surface area contributed by atoms with Gasteiger partial charge in [0.25, 0.3) is 0 Å². The Morgan fingerprint density at radius 3 is 2.58 bits per heavy atom. The molecule has 1 aliphatic carbocycles. The van der Waals surface area contributed by atoms with E-state index in [-0.39, 0.29) is 5.91 Å². The van der Waals surface area contributed by atoms with Crippen molar-refractivity contribution in [1.29, 1.82) is 0 Å². The van der Waals surface area contributed by atoms with E-state index in [1.165, 1.54) is 0 Å². The second-order valence-corrected chi connectivity index (χ2v) is 5.14. The Balaban J connectivity index is 1.98. The van der Waals surface area contributed by atoms with Crippen molar-refractivity contribution in [2.45, 2.75) is 25.3 Å². The van der Waals surface area contributed by atoms with Gasteiger partial charge in [-0.2, -0.15) is 0 Å². The number of nitrogens with two attached hydrogens (primary N) is 1. The molecular weight excluding hydrogens is 238 g/mol. The van der Waals surface area contributed by atoms with E-state index in [4.69, 9.17) is 5.73 Å². The Hall–Kier alpha value is -1.55. The zero-order valence-corrected chi connectivity index (χ0v) is 11.6. The van der Waals surface area contributed by atoms with Crippen molar-refractivity contribution < 1.29 is 4.79 Å². The van der Waals surface area contributed by atoms with Crippen LogP contribution in [0.2, 0.25) is 0 Å². The number of likely N-dealkylation sites (N-methyl/N-ethyl adjacent to an activating group) is 1. The van der Waals surface area contributed by atoms with Crippen LogP contribution in [0.1, 0.15) is 19.3 Å². The highest BCUT2D eigenvalue weighted by molar-refractivity contribution is 5.81. The summed E-state index contributed by atoms with van der Waals surface area (Å²) in [7, 11) is 1.91. The predicted octanol–water partition coefficient (Wildman–Crippen LogP) is 1.46. The van der Waals surface area contributed by atoms with Crippen molar-refractivity contribution >= 4 is 11.6 Å². The summed E-state index contributed by atoms with van der Waals surface area (Å²) >= 11 is 0. The van der Waals surface area contributed by atoms with Crippen molar-refractivity contribution in [2.24, 2.45) is 5.73 Å². The summed E-state index contributed by atoms with van der Waals surface area (Å²) in [4.78, 5) is 16.2. The van der Waals surface area contributed by atoms with E-state index in [2.05, 4.69) is 4.90 Å². The lowest BCUT2D eigenvalue weighted by molar-refractivity contribution is -0.128. The Labute approximate surface area is 115 Å². The molecule has 4 heteroatoms. The number of hydrogen-bond donors (Lipinski definition) is 1. The molecule has 19 heavy (non-hydrogen) atoms. The minimum atomic E-state index is 0.198. The Kier molecular flexibility index (Phi) is 4.80. The topological polar surface area (TPSA) is 49.6 Å². The molecule has 1 aromatic rings. The van der Waals surface area contributed by atoms with Gasteiger partial charge in [0, 0.05) is 25.3 Å². The highest BCUT2D eigenvalue weighted by Gasteiger charge is 2.30. The first-order valence-corrected chi connectivity index (χ1v) is 6.98. The average molecular weight is 261 g/mol. The normalized spacial score (nSPS) is 14.2. The van der Waals surface area contributed by atoms with E-state index in [1.54, 1.807) is 0 Å². The van der Waals surface area contributed by atoms with Crippen LogP contribution >= 0.6 is 0 Å². The van der Waals surface area contributed by atoms with E-state index in [1.807, 2.05) is 42.3 Å². The van der Waals surface area contributed by atoms with Gasteiger partial charge in [-0.15, -0.1) is 0 Å². The van der Waals surface area contributed by atoms with Gasteiger partial charge < -0.3 is 15.5 Å². The fraction of sp³-hybridized carbons (Fsp3) is 0.533. The summed E-state index contributed by atoms with van der Waals surface area (Å²) < 4.78 is 0. The lowest BCUT2D eigenvalue weighted by Gasteiger charge is -2.27. The number of para-hydroxylation sites is 1. The number of hydrogen-bond acceptors (Lipinski definition) is 3. The van der Waals surface area contributed by atoms with E-state index >= 15 is 0 Å². The molecule has 0 aliphatic heterocycles. The molecule has 0 spiro atoms. The molecule has 1 saturated carbocycles. The molecule has 0 atom stereocenters. The Bertz CT molecular complexity index is 403. The van der Waals surface area contributed by atoms with Crippen LogP contribution in [-0.4, -0.2) is 43.5 Å². The molecule has 1 aromatic carbocycles. The zero-order valence-electron chi connectivity index (χ0n) is 11.6. The van der Waals surface area contributed by atoms with Crippen LogP contribution < -0.4 is 10.6 Å². The summed E-state index contributed by atoms with van der Waals surface area (Å²) in [6.07, 6.45) is 3.20. The van der Waals surface area contributed by atoms with Crippen LogP contribution in [0.4, 0.5) is 5.69 Å². The average Bonchev–Trinajstić information content (AvgIpc) is 3.28. The molecule has 0 radical (unpaired) electrons. The highest BCUT2D eigenvalue weighted by atomic mass is 16.2. The Morgan fingerprint density at radius 1 is 1.32 bits per heavy atom. The number of anilines is 1. The number of rotatable bonds is 7. The standard InChI is InChI=1S/C15H23N3O/c1-17(13-8-9-13)15(19)12-18(11-5-10-16)14-6-3-2-4-7-14/h2-4,6-7,13H,5,8-12,16H2,1H3. The maximum absolute atomic E-state index is 12.2. The van der Waals surface area contributed by atoms with E-state index in [0.717, 1.165) is 31.5 Å². The molecule has 1 fully saturated rings. The number of carbonyl (C=O) groups is 1. The molecule has 2 N–H and O–H groups in total. The smallest absolute Gasteiger partial charge is 0.242 e. The third kappa shape index (κ3) is 3.96. The quantitative estimate of drug-likeness (QED) is 0.808. The summed E-state index contributed by atoms with van der Waals surface area (Å²) in [5, 5.41) is 0. The summed E-state index contributed by atoms with van der Waals surface area (Å²) in [5.74, 6) is 0.198. The van der Waals surface area contributed by atoms with E-state index < -0.39 is 0 Å². The monoisotopic (exact) mass is 261 g/mol. The van der Waals surface area contributed by atoms with Gasteiger partial charge in [-0.05, 0) is 37.9 Å². The van der Waals surface area contributed by atoms with Crippen molar-refractivity contribution in [3.8, 4) is 0 Å². The van der Waals surface area contributed by atoms with Gasteiger partial charge in [-0.3, -0.25) is 4.79 Å². The zero-order chi connectivity index (χ0) is 13.7. The van der Waals surface area contributed by atoms with Crippen molar-refractivity contribution in [3.63, 3.8) is 0 Å². The van der Waals surface area contributed by atoms with Gasteiger partial charge in [0.1, 0.15) is 0 Å². The molecule has 0 heterocycles. The number of benzene rings is 1. The van der Waals surface area contributed by atoms with Crippen molar-refractivity contribution in [1.82, 2.24) is 4.90 Å². The second-order valence-electron chi connectivity index (χ2n) is 5.14. The molecule has 0 unspecified atom stereocenters. The van der Waals surface area contributed by atoms with Crippen LogP contribution in [0.5, 0.6) is 0 Å². The minimum absolute atomic E-state index is 0.198.